The molecule has 128 valence electrons. The molecule has 7 heteroatoms. The highest BCUT2D eigenvalue weighted by Crippen LogP contribution is 2.44. The van der Waals surface area contributed by atoms with Crippen molar-refractivity contribution in [2.24, 2.45) is 21.5 Å². The molecule has 1 spiro atoms. The normalized spacial score (nSPS) is 22.4. The van der Waals surface area contributed by atoms with E-state index in [1.54, 1.807) is 6.07 Å². The van der Waals surface area contributed by atoms with Crippen molar-refractivity contribution in [3.63, 3.8) is 0 Å². The van der Waals surface area contributed by atoms with Gasteiger partial charge in [-0.3, -0.25) is 4.90 Å². The van der Waals surface area contributed by atoms with E-state index in [2.05, 4.69) is 10.3 Å². The average Bonchev–Trinajstić information content (AvgIpc) is 2.57. The van der Waals surface area contributed by atoms with Gasteiger partial charge in [0.1, 0.15) is 11.4 Å². The zero-order valence-electron chi connectivity index (χ0n) is 13.8. The van der Waals surface area contributed by atoms with Crippen LogP contribution in [-0.4, -0.2) is 29.2 Å². The minimum absolute atomic E-state index is 0.261. The molecule has 0 unspecified atom stereocenters. The second-order valence-corrected chi connectivity index (χ2v) is 6.81. The van der Waals surface area contributed by atoms with Crippen LogP contribution in [0.1, 0.15) is 44.1 Å². The number of benzene rings is 1. The first-order chi connectivity index (χ1) is 11.6. The van der Waals surface area contributed by atoms with Crippen LogP contribution < -0.4 is 21.7 Å². The van der Waals surface area contributed by atoms with Crippen LogP contribution in [0.4, 0.5) is 11.4 Å². The zero-order chi connectivity index (χ0) is 16.7. The summed E-state index contributed by atoms with van der Waals surface area (Å²) in [6.45, 7) is 0.865. The second kappa shape index (κ2) is 5.58. The number of phenolic OH excluding ortho intramolecular Hbond substituents is 1. The first-order valence-electron chi connectivity index (χ1n) is 8.69. The van der Waals surface area contributed by atoms with Crippen LogP contribution in [0.2, 0.25) is 0 Å². The molecule has 0 saturated heterocycles. The fraction of sp³-hybridized carbons (Fsp3) is 0.529. The lowest BCUT2D eigenvalue weighted by Crippen LogP contribution is -2.58. The van der Waals surface area contributed by atoms with Crippen molar-refractivity contribution in [3.8, 4) is 5.75 Å². The maximum absolute atomic E-state index is 10.2. The lowest BCUT2D eigenvalue weighted by atomic mass is 9.86. The number of aliphatic imine (C=N–C) groups is 2. The second-order valence-electron chi connectivity index (χ2n) is 6.81. The summed E-state index contributed by atoms with van der Waals surface area (Å²) in [6, 6.07) is 3.65. The van der Waals surface area contributed by atoms with Crippen molar-refractivity contribution in [2.75, 3.05) is 16.8 Å². The lowest BCUT2D eigenvalue weighted by Gasteiger charge is -2.46. The van der Waals surface area contributed by atoms with Crippen molar-refractivity contribution in [3.05, 3.63) is 17.7 Å². The Morgan fingerprint density at radius 2 is 1.92 bits per heavy atom. The van der Waals surface area contributed by atoms with E-state index >= 15 is 0 Å². The van der Waals surface area contributed by atoms with Gasteiger partial charge < -0.3 is 21.9 Å². The Bertz CT molecular complexity index is 720. The number of nitrogens with zero attached hydrogens (tertiary/aromatic N) is 3. The predicted octanol–water partition coefficient (Wildman–Crippen LogP) is 1.86. The summed E-state index contributed by atoms with van der Waals surface area (Å²) >= 11 is 0. The molecule has 3 aliphatic rings. The highest BCUT2D eigenvalue weighted by molar-refractivity contribution is 6.06. The first-order valence-corrected chi connectivity index (χ1v) is 8.69. The standard InChI is InChI=1S/C17H24N6O/c18-15-21-16(19)23(17(22-15)8-2-1-3-9-17)12-6-7-13(24)14-11(12)5-4-10-20-14/h6-7,20,24H,1-5,8-10H2,(H4,18,19,21,22). The molecule has 2 aliphatic heterocycles. The Hall–Kier alpha value is -2.44. The third kappa shape index (κ3) is 2.26. The van der Waals surface area contributed by atoms with E-state index in [4.69, 9.17) is 16.5 Å². The van der Waals surface area contributed by atoms with Gasteiger partial charge in [0.25, 0.3) is 0 Å². The molecule has 1 fully saturated rings. The Morgan fingerprint density at radius 1 is 1.12 bits per heavy atom. The molecule has 7 nitrogen and oxygen atoms in total. The summed E-state index contributed by atoms with van der Waals surface area (Å²) in [5, 5.41) is 13.5. The highest BCUT2D eigenvalue weighted by Gasteiger charge is 2.43. The van der Waals surface area contributed by atoms with E-state index in [1.807, 2.05) is 11.0 Å². The van der Waals surface area contributed by atoms with Crippen molar-refractivity contribution in [1.29, 1.82) is 0 Å². The Balaban J connectivity index is 1.86. The van der Waals surface area contributed by atoms with Gasteiger partial charge in [0.2, 0.25) is 11.9 Å². The lowest BCUT2D eigenvalue weighted by molar-refractivity contribution is 0.305. The van der Waals surface area contributed by atoms with E-state index in [-0.39, 0.29) is 11.7 Å². The molecule has 0 bridgehead atoms. The number of nitrogens with two attached hydrogens (primary N) is 2. The fourth-order valence-corrected chi connectivity index (χ4v) is 4.23. The minimum Gasteiger partial charge on any atom is -0.506 e. The number of fused-ring (bicyclic) bond motifs is 1. The number of rotatable bonds is 1. The van der Waals surface area contributed by atoms with Crippen LogP contribution in [0, 0.1) is 0 Å². The molecule has 1 aliphatic carbocycles. The summed E-state index contributed by atoms with van der Waals surface area (Å²) in [5.74, 6) is 0.931. The van der Waals surface area contributed by atoms with Gasteiger partial charge in [-0.15, -0.1) is 0 Å². The van der Waals surface area contributed by atoms with Gasteiger partial charge in [0.15, 0.2) is 0 Å². The summed E-state index contributed by atoms with van der Waals surface area (Å²) in [7, 11) is 0. The quantitative estimate of drug-likeness (QED) is 0.588. The molecule has 6 N–H and O–H groups in total. The maximum atomic E-state index is 10.2. The summed E-state index contributed by atoms with van der Waals surface area (Å²) in [6.07, 6.45) is 7.13. The number of hydrogen-bond acceptors (Lipinski definition) is 7. The van der Waals surface area contributed by atoms with Gasteiger partial charge >= 0.3 is 0 Å². The van der Waals surface area contributed by atoms with Crippen LogP contribution >= 0.6 is 0 Å². The van der Waals surface area contributed by atoms with Crippen LogP contribution in [0.15, 0.2) is 22.1 Å². The Labute approximate surface area is 141 Å². The molecule has 1 saturated carbocycles. The summed E-state index contributed by atoms with van der Waals surface area (Å²) < 4.78 is 0. The van der Waals surface area contributed by atoms with Gasteiger partial charge in [-0.2, -0.15) is 4.99 Å². The zero-order valence-corrected chi connectivity index (χ0v) is 13.8. The molecule has 1 aromatic carbocycles. The molecule has 0 radical (unpaired) electrons. The van der Waals surface area contributed by atoms with Crippen molar-refractivity contribution < 1.29 is 5.11 Å². The topological polar surface area (TPSA) is 112 Å². The first kappa shape index (κ1) is 15.1. The van der Waals surface area contributed by atoms with E-state index < -0.39 is 5.66 Å². The van der Waals surface area contributed by atoms with E-state index in [1.165, 1.54) is 6.42 Å². The fourth-order valence-electron chi connectivity index (χ4n) is 4.23. The van der Waals surface area contributed by atoms with E-state index in [9.17, 15) is 5.11 Å². The third-order valence-electron chi connectivity index (χ3n) is 5.26. The van der Waals surface area contributed by atoms with Crippen molar-refractivity contribution in [1.82, 2.24) is 0 Å². The maximum Gasteiger partial charge on any atom is 0.220 e. The molecule has 2 heterocycles. The van der Waals surface area contributed by atoms with Crippen LogP contribution in [0.3, 0.4) is 0 Å². The van der Waals surface area contributed by atoms with Crippen molar-refractivity contribution >= 4 is 23.3 Å². The van der Waals surface area contributed by atoms with Gasteiger partial charge in [-0.1, -0.05) is 6.42 Å². The molecule has 4 rings (SSSR count). The van der Waals surface area contributed by atoms with Gasteiger partial charge in [0, 0.05) is 12.1 Å². The van der Waals surface area contributed by atoms with Crippen LogP contribution in [0.5, 0.6) is 5.75 Å². The predicted molar refractivity (Wildman–Crippen MR) is 96.5 cm³/mol. The van der Waals surface area contributed by atoms with Crippen molar-refractivity contribution in [2.45, 2.75) is 50.6 Å². The SMILES string of the molecule is NC1=NC2(CCCCC2)N(c2ccc(O)c3c2CCCN3)C(N)=N1. The smallest absolute Gasteiger partial charge is 0.220 e. The molecule has 0 atom stereocenters. The van der Waals surface area contributed by atoms with Crippen LogP contribution in [-0.2, 0) is 6.42 Å². The summed E-state index contributed by atoms with van der Waals surface area (Å²) in [4.78, 5) is 11.0. The molecular weight excluding hydrogens is 304 g/mol. The third-order valence-corrected chi connectivity index (χ3v) is 5.26. The Kier molecular flexibility index (Phi) is 3.51. The number of nitrogens with one attached hydrogen (secondary N) is 1. The molecule has 0 amide bonds. The number of hydrogen-bond donors (Lipinski definition) is 4. The van der Waals surface area contributed by atoms with Gasteiger partial charge in [0.05, 0.1) is 11.4 Å². The van der Waals surface area contributed by atoms with E-state index in [0.29, 0.717) is 5.96 Å². The number of anilines is 2. The number of phenols is 1. The minimum atomic E-state index is -0.448. The van der Waals surface area contributed by atoms with Gasteiger partial charge in [-0.25, -0.2) is 4.99 Å². The molecular formula is C17H24N6O. The van der Waals surface area contributed by atoms with E-state index in [0.717, 1.165) is 62.0 Å². The van der Waals surface area contributed by atoms with Gasteiger partial charge in [-0.05, 0) is 50.7 Å². The molecule has 24 heavy (non-hydrogen) atoms. The highest BCUT2D eigenvalue weighted by atomic mass is 16.3. The average molecular weight is 328 g/mol. The van der Waals surface area contributed by atoms with Crippen LogP contribution in [0.25, 0.3) is 0 Å². The molecule has 1 aromatic rings. The molecule has 0 aromatic heterocycles. The number of guanidine groups is 2. The number of aromatic hydroxyl groups is 1. The Morgan fingerprint density at radius 3 is 2.71 bits per heavy atom. The largest absolute Gasteiger partial charge is 0.506 e. The summed E-state index contributed by atoms with van der Waals surface area (Å²) in [5.41, 5.74) is 14.7. The monoisotopic (exact) mass is 328 g/mol.